The molecule has 1 fully saturated rings. The third kappa shape index (κ3) is 8.12. The summed E-state index contributed by atoms with van der Waals surface area (Å²) < 4.78 is 5.19. The molecule has 0 aromatic heterocycles. The summed E-state index contributed by atoms with van der Waals surface area (Å²) in [6, 6.07) is 8.09. The van der Waals surface area contributed by atoms with Crippen LogP contribution in [-0.2, 0) is 6.54 Å². The van der Waals surface area contributed by atoms with Gasteiger partial charge in [0.05, 0.1) is 13.7 Å². The number of nitrogens with one attached hydrogen (secondary N) is 2. The molecule has 1 aromatic carbocycles. The van der Waals surface area contributed by atoms with Crippen molar-refractivity contribution in [1.29, 1.82) is 0 Å². The normalized spacial score (nSPS) is 16.0. The van der Waals surface area contributed by atoms with E-state index in [1.54, 1.807) is 7.11 Å². The molecule has 0 amide bonds. The summed E-state index contributed by atoms with van der Waals surface area (Å²) in [6.07, 6.45) is 3.88. The van der Waals surface area contributed by atoms with Crippen LogP contribution < -0.4 is 15.4 Å². The van der Waals surface area contributed by atoms with Gasteiger partial charge < -0.3 is 20.3 Å². The number of ether oxygens (including phenoxy) is 1. The van der Waals surface area contributed by atoms with E-state index in [0.717, 1.165) is 30.7 Å². The van der Waals surface area contributed by atoms with Gasteiger partial charge in [-0.2, -0.15) is 0 Å². The van der Waals surface area contributed by atoms with Crippen molar-refractivity contribution in [1.82, 2.24) is 15.5 Å². The lowest BCUT2D eigenvalue weighted by molar-refractivity contribution is 0.187. The first-order chi connectivity index (χ1) is 12.2. The molecule has 2 rings (SSSR count). The van der Waals surface area contributed by atoms with Gasteiger partial charge in [0.15, 0.2) is 5.96 Å². The fourth-order valence-electron chi connectivity index (χ4n) is 3.23. The average molecular weight is 474 g/mol. The highest BCUT2D eigenvalue weighted by Crippen LogP contribution is 2.19. The number of hydrogen-bond acceptors (Lipinski definition) is 3. The first-order valence-corrected chi connectivity index (χ1v) is 9.62. The first-order valence-electron chi connectivity index (χ1n) is 9.62. The summed E-state index contributed by atoms with van der Waals surface area (Å²) in [6.45, 7) is 10.6. The molecule has 0 radical (unpaired) electrons. The topological polar surface area (TPSA) is 48.9 Å². The Hall–Kier alpha value is -1.02. The van der Waals surface area contributed by atoms with E-state index in [0.29, 0.717) is 6.54 Å². The Morgan fingerprint density at radius 3 is 2.42 bits per heavy atom. The van der Waals surface area contributed by atoms with Crippen LogP contribution in [0.3, 0.4) is 0 Å². The van der Waals surface area contributed by atoms with Crippen molar-refractivity contribution in [2.75, 3.05) is 39.8 Å². The van der Waals surface area contributed by atoms with Crippen LogP contribution in [0.2, 0.25) is 0 Å². The van der Waals surface area contributed by atoms with Crippen molar-refractivity contribution < 1.29 is 4.74 Å². The number of aliphatic imine (C=N–C) groups is 1. The van der Waals surface area contributed by atoms with Crippen LogP contribution in [-0.4, -0.2) is 50.7 Å². The van der Waals surface area contributed by atoms with Gasteiger partial charge in [0.25, 0.3) is 0 Å². The molecule has 0 spiro atoms. The molecule has 1 aliphatic heterocycles. The molecule has 1 saturated heterocycles. The molecule has 0 unspecified atom stereocenters. The Morgan fingerprint density at radius 1 is 1.15 bits per heavy atom. The Bertz CT molecular complexity index is 513. The zero-order valence-corrected chi connectivity index (χ0v) is 18.8. The number of piperidine rings is 1. The maximum absolute atomic E-state index is 5.19. The van der Waals surface area contributed by atoms with Crippen LogP contribution in [0, 0.1) is 5.92 Å². The predicted molar refractivity (Wildman–Crippen MR) is 121 cm³/mol. The minimum atomic E-state index is 0. The quantitative estimate of drug-likeness (QED) is 0.344. The molecule has 1 aliphatic rings. The molecule has 6 heteroatoms. The molecule has 2 N–H and O–H groups in total. The highest BCUT2D eigenvalue weighted by molar-refractivity contribution is 14.0. The molecule has 1 heterocycles. The summed E-state index contributed by atoms with van der Waals surface area (Å²) in [4.78, 5) is 7.24. The molecule has 1 aromatic rings. The smallest absolute Gasteiger partial charge is 0.191 e. The fraction of sp³-hybridized carbons (Fsp3) is 0.650. The number of nitrogens with zero attached hydrogens (tertiary/aromatic N) is 2. The minimum Gasteiger partial charge on any atom is -0.497 e. The van der Waals surface area contributed by atoms with E-state index in [-0.39, 0.29) is 24.0 Å². The molecule has 0 bridgehead atoms. The number of guanidine groups is 1. The molecule has 0 saturated carbocycles. The number of methoxy groups -OCH3 is 1. The fourth-order valence-corrected chi connectivity index (χ4v) is 3.23. The molecule has 0 atom stereocenters. The highest BCUT2D eigenvalue weighted by atomic mass is 127. The third-order valence-electron chi connectivity index (χ3n) is 4.92. The van der Waals surface area contributed by atoms with Crippen molar-refractivity contribution >= 4 is 29.9 Å². The molecule has 0 aliphatic carbocycles. The van der Waals surface area contributed by atoms with Crippen LogP contribution in [0.5, 0.6) is 5.75 Å². The SMILES string of the molecule is CCNC(=NCc1ccc(OC)cc1)NCCC1CCN(CC)CC1.I. The summed E-state index contributed by atoms with van der Waals surface area (Å²) in [5, 5.41) is 6.82. The van der Waals surface area contributed by atoms with E-state index in [9.17, 15) is 0 Å². The zero-order chi connectivity index (χ0) is 17.9. The summed E-state index contributed by atoms with van der Waals surface area (Å²) in [7, 11) is 1.69. The number of likely N-dealkylation sites (tertiary alicyclic amines) is 1. The second-order valence-corrected chi connectivity index (χ2v) is 6.64. The van der Waals surface area contributed by atoms with Gasteiger partial charge in [0.1, 0.15) is 5.75 Å². The van der Waals surface area contributed by atoms with Gasteiger partial charge in [-0.1, -0.05) is 19.1 Å². The number of rotatable bonds is 8. The second kappa shape index (κ2) is 13.2. The minimum absolute atomic E-state index is 0. The van der Waals surface area contributed by atoms with Gasteiger partial charge in [0, 0.05) is 13.1 Å². The van der Waals surface area contributed by atoms with Gasteiger partial charge in [-0.05, 0) is 69.4 Å². The van der Waals surface area contributed by atoms with Crippen LogP contribution >= 0.6 is 24.0 Å². The summed E-state index contributed by atoms with van der Waals surface area (Å²) in [5.74, 6) is 2.64. The lowest BCUT2D eigenvalue weighted by Crippen LogP contribution is -2.39. The number of hydrogen-bond donors (Lipinski definition) is 2. The van der Waals surface area contributed by atoms with Gasteiger partial charge in [0.2, 0.25) is 0 Å². The van der Waals surface area contributed by atoms with E-state index in [1.165, 1.54) is 44.5 Å². The second-order valence-electron chi connectivity index (χ2n) is 6.64. The van der Waals surface area contributed by atoms with E-state index in [4.69, 9.17) is 9.73 Å². The number of halogens is 1. The van der Waals surface area contributed by atoms with Crippen molar-refractivity contribution in [3.63, 3.8) is 0 Å². The molecule has 26 heavy (non-hydrogen) atoms. The molecular weight excluding hydrogens is 439 g/mol. The number of benzene rings is 1. The maximum atomic E-state index is 5.19. The Balaban J connectivity index is 0.00000338. The molecular formula is C20H35IN4O. The lowest BCUT2D eigenvalue weighted by Gasteiger charge is -2.31. The largest absolute Gasteiger partial charge is 0.497 e. The third-order valence-corrected chi connectivity index (χ3v) is 4.92. The van der Waals surface area contributed by atoms with Gasteiger partial charge in [-0.25, -0.2) is 4.99 Å². The first kappa shape index (κ1) is 23.0. The Morgan fingerprint density at radius 2 is 1.85 bits per heavy atom. The molecule has 5 nitrogen and oxygen atoms in total. The Labute approximate surface area is 176 Å². The lowest BCUT2D eigenvalue weighted by atomic mass is 9.93. The van der Waals surface area contributed by atoms with Crippen molar-refractivity contribution in [2.24, 2.45) is 10.9 Å². The van der Waals surface area contributed by atoms with Gasteiger partial charge >= 0.3 is 0 Å². The van der Waals surface area contributed by atoms with Crippen molar-refractivity contribution in [2.45, 2.75) is 39.7 Å². The van der Waals surface area contributed by atoms with E-state index >= 15 is 0 Å². The van der Waals surface area contributed by atoms with Gasteiger partial charge in [-0.3, -0.25) is 0 Å². The summed E-state index contributed by atoms with van der Waals surface area (Å²) in [5.41, 5.74) is 1.19. The van der Waals surface area contributed by atoms with E-state index in [1.807, 2.05) is 12.1 Å². The zero-order valence-electron chi connectivity index (χ0n) is 16.5. The van der Waals surface area contributed by atoms with Crippen LogP contribution in [0.25, 0.3) is 0 Å². The van der Waals surface area contributed by atoms with Crippen molar-refractivity contribution in [3.8, 4) is 5.75 Å². The van der Waals surface area contributed by atoms with Crippen LogP contribution in [0.15, 0.2) is 29.3 Å². The monoisotopic (exact) mass is 474 g/mol. The van der Waals surface area contributed by atoms with E-state index in [2.05, 4.69) is 41.5 Å². The van der Waals surface area contributed by atoms with Crippen molar-refractivity contribution in [3.05, 3.63) is 29.8 Å². The van der Waals surface area contributed by atoms with Crippen LogP contribution in [0.1, 0.15) is 38.7 Å². The Kier molecular flexibility index (Phi) is 11.7. The standard InChI is InChI=1S/C20H34N4O.HI/c1-4-21-20(23-16-18-6-8-19(25-3)9-7-18)22-13-10-17-11-14-24(5-2)15-12-17;/h6-9,17H,4-5,10-16H2,1-3H3,(H2,21,22,23);1H. The van der Waals surface area contributed by atoms with E-state index < -0.39 is 0 Å². The highest BCUT2D eigenvalue weighted by Gasteiger charge is 2.17. The van der Waals surface area contributed by atoms with Gasteiger partial charge in [-0.15, -0.1) is 24.0 Å². The van der Waals surface area contributed by atoms with Crippen LogP contribution in [0.4, 0.5) is 0 Å². The molecule has 148 valence electrons. The predicted octanol–water partition coefficient (Wildman–Crippen LogP) is 3.49. The summed E-state index contributed by atoms with van der Waals surface area (Å²) >= 11 is 0. The maximum Gasteiger partial charge on any atom is 0.191 e. The average Bonchev–Trinajstić information content (AvgIpc) is 2.67.